The summed E-state index contributed by atoms with van der Waals surface area (Å²) in [6, 6.07) is 35.2. The van der Waals surface area contributed by atoms with Crippen LogP contribution < -0.4 is 50.9 Å². The number of H-pyrrole nitrogens is 1. The molecule has 604 valence electrons. The van der Waals surface area contributed by atoms with Gasteiger partial charge in [-0.15, -0.1) is 0 Å². The van der Waals surface area contributed by atoms with E-state index in [0.29, 0.717) is 48.6 Å². The minimum atomic E-state index is -1.30. The molecule has 0 radical (unpaired) electrons. The number of rotatable bonds is 58. The number of carbonyl (C=O) groups is 4. The van der Waals surface area contributed by atoms with E-state index in [9.17, 15) is 28.8 Å². The molecule has 1 saturated heterocycles. The Balaban J connectivity index is 1.04. The van der Waals surface area contributed by atoms with Crippen LogP contribution in [0, 0.1) is 13.8 Å². The van der Waals surface area contributed by atoms with E-state index in [2.05, 4.69) is 41.7 Å². The van der Waals surface area contributed by atoms with Crippen molar-refractivity contribution in [2.45, 2.75) is 303 Å². The van der Waals surface area contributed by atoms with Gasteiger partial charge in [0.05, 0.1) is 47.1 Å². The second kappa shape index (κ2) is 51.2. The fraction of sp³-hybridized carbons (Fsp3) is 0.582. The van der Waals surface area contributed by atoms with Crippen LogP contribution in [0.2, 0.25) is 0 Å². The third-order valence-electron chi connectivity index (χ3n) is 20.7. The van der Waals surface area contributed by atoms with Crippen LogP contribution in [-0.2, 0) is 52.1 Å². The SMILES string of the molecule is CCCCCCCCCCCCOc1cc(C)cc(CNC(=O)C(CCC(=O)NCc2cc(OCCCCCCCCCCCC)cc(OCCCCCCCCCCCC)c2)NC(=O)CCC(=O)O[C@@H]2C[C@H](n3cc(C)c(=O)[nH]c3=O)O[C@@H]2COC(c2ccccc2)(c2ccc(OC)cc2)c2ccc(OC)cc2)c1. The number of benzene rings is 5. The molecule has 1 unspecified atom stereocenters. The number of nitrogens with zero attached hydrogens (tertiary/aromatic N) is 1. The van der Waals surface area contributed by atoms with Gasteiger partial charge in [0.25, 0.3) is 5.56 Å². The molecule has 5 aromatic carbocycles. The number of unbranched alkanes of at least 4 members (excludes halogenated alkanes) is 27. The fourth-order valence-corrected chi connectivity index (χ4v) is 14.3. The number of aromatic nitrogens is 2. The second-order valence-electron chi connectivity index (χ2n) is 29.9. The van der Waals surface area contributed by atoms with Crippen molar-refractivity contribution in [1.82, 2.24) is 25.5 Å². The Labute approximate surface area is 656 Å². The third-order valence-corrected chi connectivity index (χ3v) is 20.7. The molecule has 1 fully saturated rings. The summed E-state index contributed by atoms with van der Waals surface area (Å²) in [5.74, 6) is 1.10. The molecule has 110 heavy (non-hydrogen) atoms. The molecule has 1 aliphatic heterocycles. The zero-order valence-electron chi connectivity index (χ0n) is 67.5. The van der Waals surface area contributed by atoms with E-state index >= 15 is 0 Å². The van der Waals surface area contributed by atoms with Gasteiger partial charge in [0, 0.05) is 50.2 Å². The summed E-state index contributed by atoms with van der Waals surface area (Å²) in [5.41, 5.74) is 2.51. The average Bonchev–Trinajstić information content (AvgIpc) is 1.14. The number of hydrogen-bond acceptors (Lipinski definition) is 14. The first kappa shape index (κ1) is 88.8. The molecule has 7 rings (SSSR count). The van der Waals surface area contributed by atoms with Crippen molar-refractivity contribution in [3.8, 4) is 28.7 Å². The van der Waals surface area contributed by atoms with E-state index in [1.165, 1.54) is 165 Å². The highest BCUT2D eigenvalue weighted by atomic mass is 16.6. The highest BCUT2D eigenvalue weighted by Gasteiger charge is 2.44. The van der Waals surface area contributed by atoms with Crippen LogP contribution in [0.3, 0.4) is 0 Å². The molecule has 2 heterocycles. The number of amides is 3. The Hall–Kier alpha value is -8.42. The topological polar surface area (TPSA) is 233 Å². The molecule has 0 bridgehead atoms. The number of esters is 1. The van der Waals surface area contributed by atoms with Crippen molar-refractivity contribution < 1.29 is 57.1 Å². The van der Waals surface area contributed by atoms with Gasteiger partial charge in [0.2, 0.25) is 17.7 Å². The Morgan fingerprint density at radius 3 is 1.44 bits per heavy atom. The molecule has 0 aliphatic carbocycles. The first-order valence-electron chi connectivity index (χ1n) is 41.8. The van der Waals surface area contributed by atoms with Gasteiger partial charge in [0.1, 0.15) is 58.8 Å². The molecule has 0 spiro atoms. The maximum Gasteiger partial charge on any atom is 0.330 e. The summed E-state index contributed by atoms with van der Waals surface area (Å²) >= 11 is 0. The molecular weight excluding hydrogens is 1390 g/mol. The molecule has 0 saturated carbocycles. The lowest BCUT2D eigenvalue weighted by Crippen LogP contribution is -2.47. The van der Waals surface area contributed by atoms with Crippen LogP contribution >= 0.6 is 0 Å². The zero-order chi connectivity index (χ0) is 78.4. The smallest absolute Gasteiger partial charge is 0.330 e. The molecule has 19 nitrogen and oxygen atoms in total. The van der Waals surface area contributed by atoms with Crippen LogP contribution in [-0.4, -0.2) is 92.1 Å². The van der Waals surface area contributed by atoms with E-state index in [-0.39, 0.29) is 56.9 Å². The minimum absolute atomic E-state index is 0.0218. The van der Waals surface area contributed by atoms with Crippen molar-refractivity contribution >= 4 is 23.7 Å². The standard InChI is InChI=1S/C91H131N5O14/c1-8-11-14-17-20-23-26-29-32-38-55-105-78-59-69(4)58-71(60-78)66-93-89(101)81(51-52-84(97)92-65-72-61-79(106-56-39-33-30-27-24-21-18-15-12-9-2)63-80(62-72)107-57-40-34-31-28-25-22-19-16-13-10-3)94-85(98)53-54-87(99)110-82-64-86(96-67-70(5)88(100)95-90(96)102)109-83(82)68-108-91(73-41-36-35-37-42-73,74-43-47-76(103-6)48-44-74)75-45-49-77(104-7)50-46-75/h35-37,41-50,58-63,67,81-83,86H,8-34,38-40,51-57,64-66,68H2,1-7H3,(H,92,97)(H,93,101)(H,94,98)(H,95,100,102)/t81?,82-,83-,86-/m1/s1. The predicted molar refractivity (Wildman–Crippen MR) is 436 cm³/mol. The van der Waals surface area contributed by atoms with Crippen LogP contribution in [0.1, 0.15) is 291 Å². The molecule has 3 amide bonds. The number of aromatic amines is 1. The van der Waals surface area contributed by atoms with E-state index in [1.807, 2.05) is 122 Å². The lowest BCUT2D eigenvalue weighted by molar-refractivity contribution is -0.156. The summed E-state index contributed by atoms with van der Waals surface area (Å²) in [7, 11) is 3.18. The average molecular weight is 1520 g/mol. The van der Waals surface area contributed by atoms with Gasteiger partial charge < -0.3 is 53.8 Å². The Morgan fingerprint density at radius 1 is 0.509 bits per heavy atom. The largest absolute Gasteiger partial charge is 0.497 e. The summed E-state index contributed by atoms with van der Waals surface area (Å²) in [6.45, 7) is 12.1. The number of methoxy groups -OCH3 is 2. The quantitative estimate of drug-likeness (QED) is 0.0158. The predicted octanol–water partition coefficient (Wildman–Crippen LogP) is 19.0. The zero-order valence-corrected chi connectivity index (χ0v) is 67.5. The lowest BCUT2D eigenvalue weighted by Gasteiger charge is -2.37. The van der Waals surface area contributed by atoms with Gasteiger partial charge in [0.15, 0.2) is 0 Å². The molecule has 1 aromatic heterocycles. The summed E-state index contributed by atoms with van der Waals surface area (Å²) in [6.07, 6.45) is 34.1. The number of hydrogen-bond donors (Lipinski definition) is 4. The minimum Gasteiger partial charge on any atom is -0.497 e. The molecule has 4 N–H and O–H groups in total. The van der Waals surface area contributed by atoms with Gasteiger partial charge in [-0.1, -0.05) is 255 Å². The van der Waals surface area contributed by atoms with E-state index in [0.717, 1.165) is 71.9 Å². The van der Waals surface area contributed by atoms with Crippen LogP contribution in [0.15, 0.2) is 131 Å². The Kier molecular flexibility index (Phi) is 41.3. The summed E-state index contributed by atoms with van der Waals surface area (Å²) in [5, 5.41) is 8.93. The van der Waals surface area contributed by atoms with Gasteiger partial charge in [-0.25, -0.2) is 4.79 Å². The van der Waals surface area contributed by atoms with Crippen LogP contribution in [0.25, 0.3) is 0 Å². The van der Waals surface area contributed by atoms with Gasteiger partial charge >= 0.3 is 11.7 Å². The van der Waals surface area contributed by atoms with Crippen molar-refractivity contribution in [2.24, 2.45) is 0 Å². The lowest BCUT2D eigenvalue weighted by atomic mass is 9.80. The first-order valence-corrected chi connectivity index (χ1v) is 41.8. The molecule has 19 heteroatoms. The van der Waals surface area contributed by atoms with Crippen molar-refractivity contribution in [1.29, 1.82) is 0 Å². The number of ether oxygens (including phenoxy) is 8. The van der Waals surface area contributed by atoms with E-state index in [4.69, 9.17) is 37.9 Å². The van der Waals surface area contributed by atoms with Crippen molar-refractivity contribution in [3.63, 3.8) is 0 Å². The first-order chi connectivity index (χ1) is 53.6. The van der Waals surface area contributed by atoms with E-state index < -0.39 is 65.5 Å². The molecular formula is C91H131N5O14. The van der Waals surface area contributed by atoms with Crippen LogP contribution in [0.4, 0.5) is 0 Å². The number of aryl methyl sites for hydroxylation is 2. The van der Waals surface area contributed by atoms with Gasteiger partial charge in [-0.3, -0.25) is 33.5 Å². The number of nitrogens with one attached hydrogen (secondary N) is 4. The van der Waals surface area contributed by atoms with Gasteiger partial charge in [-0.2, -0.15) is 0 Å². The van der Waals surface area contributed by atoms with Crippen molar-refractivity contribution in [3.05, 3.63) is 181 Å². The monoisotopic (exact) mass is 1520 g/mol. The Morgan fingerprint density at radius 2 is 0.955 bits per heavy atom. The third kappa shape index (κ3) is 31.8. The maximum atomic E-state index is 14.5. The highest BCUT2D eigenvalue weighted by Crippen LogP contribution is 2.43. The summed E-state index contributed by atoms with van der Waals surface area (Å²) < 4.78 is 51.5. The van der Waals surface area contributed by atoms with Gasteiger partial charge in [-0.05, 0) is 121 Å². The number of carbonyl (C=O) groups excluding carboxylic acids is 4. The second-order valence-corrected chi connectivity index (χ2v) is 29.9. The summed E-state index contributed by atoms with van der Waals surface area (Å²) in [4.78, 5) is 85.5. The maximum absolute atomic E-state index is 14.5. The molecule has 6 aromatic rings. The van der Waals surface area contributed by atoms with Crippen molar-refractivity contribution in [2.75, 3.05) is 40.6 Å². The van der Waals surface area contributed by atoms with Crippen LogP contribution in [0.5, 0.6) is 28.7 Å². The molecule has 1 aliphatic rings. The Bertz CT molecular complexity index is 3640. The molecule has 4 atom stereocenters. The normalized spacial score (nSPS) is 14.4. The fourth-order valence-electron chi connectivity index (χ4n) is 14.3. The highest BCUT2D eigenvalue weighted by molar-refractivity contribution is 5.89. The van der Waals surface area contributed by atoms with E-state index in [1.54, 1.807) is 21.1 Å².